The third kappa shape index (κ3) is 4.57. The molecule has 1 heterocycles. The molecule has 1 amide bonds. The van der Waals surface area contributed by atoms with Crippen LogP contribution in [0.4, 0.5) is 11.4 Å². The number of anilines is 2. The molecule has 1 aromatic rings. The van der Waals surface area contributed by atoms with Crippen molar-refractivity contribution in [3.05, 3.63) is 22.3 Å². The number of nitrogens with zero attached hydrogens (tertiary/aromatic N) is 1. The molecule has 1 saturated carbocycles. The van der Waals surface area contributed by atoms with E-state index >= 15 is 0 Å². The minimum absolute atomic E-state index is 0.0848. The van der Waals surface area contributed by atoms with Gasteiger partial charge < -0.3 is 21.3 Å². The molecule has 1 aliphatic carbocycles. The van der Waals surface area contributed by atoms with Crippen LogP contribution in [-0.4, -0.2) is 42.5 Å². The Kier molecular flexibility index (Phi) is 5.99. The Morgan fingerprint density at radius 1 is 1.04 bits per heavy atom. The van der Waals surface area contributed by atoms with Crippen molar-refractivity contribution in [2.45, 2.75) is 72.4 Å². The van der Waals surface area contributed by atoms with Gasteiger partial charge in [-0.25, -0.2) is 0 Å². The summed E-state index contributed by atoms with van der Waals surface area (Å²) in [5, 5.41) is 6.70. The third-order valence-electron chi connectivity index (χ3n) is 6.58. The highest BCUT2D eigenvalue weighted by Crippen LogP contribution is 2.33. The van der Waals surface area contributed by atoms with Gasteiger partial charge in [0.05, 0.1) is 0 Å². The van der Waals surface area contributed by atoms with Gasteiger partial charge in [0.1, 0.15) is 6.04 Å². The number of nitrogen functional groups attached to an aromatic ring is 1. The largest absolute Gasteiger partial charge is 0.398 e. The van der Waals surface area contributed by atoms with E-state index in [1.807, 2.05) is 20.8 Å². The summed E-state index contributed by atoms with van der Waals surface area (Å²) in [5.74, 6) is 1.03. The number of piperidine rings is 1. The van der Waals surface area contributed by atoms with Crippen LogP contribution in [-0.2, 0) is 4.79 Å². The molecule has 0 spiro atoms. The van der Waals surface area contributed by atoms with E-state index in [-0.39, 0.29) is 11.9 Å². The normalized spacial score (nSPS) is 19.7. The van der Waals surface area contributed by atoms with Crippen molar-refractivity contribution in [1.29, 1.82) is 0 Å². The standard InChI is InChI=1S/C22H36N4O/c1-13-15(3)21(16(4)14(2)20(13)23)24-17(5)22(27)25-19-8-10-26(11-9-19)12-18-6-7-18/h17-19,24H,6-12,23H2,1-5H3,(H,25,27). The van der Waals surface area contributed by atoms with Gasteiger partial charge in [-0.15, -0.1) is 0 Å². The summed E-state index contributed by atoms with van der Waals surface area (Å²) in [6.45, 7) is 13.6. The van der Waals surface area contributed by atoms with Gasteiger partial charge in [0, 0.05) is 37.1 Å². The monoisotopic (exact) mass is 372 g/mol. The first-order valence-electron chi connectivity index (χ1n) is 10.4. The number of amides is 1. The molecular formula is C22H36N4O. The summed E-state index contributed by atoms with van der Waals surface area (Å²) in [6, 6.07) is 0.0311. The lowest BCUT2D eigenvalue weighted by Gasteiger charge is -2.33. The Morgan fingerprint density at radius 2 is 1.59 bits per heavy atom. The fraction of sp³-hybridized carbons (Fsp3) is 0.682. The molecular weight excluding hydrogens is 336 g/mol. The van der Waals surface area contributed by atoms with Gasteiger partial charge in [-0.3, -0.25) is 4.79 Å². The van der Waals surface area contributed by atoms with Crippen molar-refractivity contribution in [3.8, 4) is 0 Å². The van der Waals surface area contributed by atoms with Crippen LogP contribution in [0.2, 0.25) is 0 Å². The minimum Gasteiger partial charge on any atom is -0.398 e. The zero-order valence-electron chi connectivity index (χ0n) is 17.6. The number of nitrogens with one attached hydrogen (secondary N) is 2. The molecule has 2 aliphatic rings. The SMILES string of the molecule is Cc1c(C)c(NC(C)C(=O)NC2CCN(CC3CC3)CC2)c(C)c(C)c1N. The van der Waals surface area contributed by atoms with Crippen LogP contribution >= 0.6 is 0 Å². The molecule has 1 atom stereocenters. The van der Waals surface area contributed by atoms with Crippen LogP contribution in [0.1, 0.15) is 54.9 Å². The Bertz CT molecular complexity index is 674. The number of rotatable bonds is 6. The number of hydrogen-bond acceptors (Lipinski definition) is 4. The van der Waals surface area contributed by atoms with E-state index in [1.54, 1.807) is 0 Å². The predicted molar refractivity (Wildman–Crippen MR) is 113 cm³/mol. The minimum atomic E-state index is -0.269. The van der Waals surface area contributed by atoms with Crippen LogP contribution in [0, 0.1) is 33.6 Å². The van der Waals surface area contributed by atoms with E-state index < -0.39 is 0 Å². The Labute approximate surface area is 164 Å². The summed E-state index contributed by atoms with van der Waals surface area (Å²) in [6.07, 6.45) is 4.93. The third-order valence-corrected chi connectivity index (χ3v) is 6.58. The van der Waals surface area contributed by atoms with E-state index in [1.165, 1.54) is 19.4 Å². The molecule has 27 heavy (non-hydrogen) atoms. The van der Waals surface area contributed by atoms with E-state index in [0.29, 0.717) is 6.04 Å². The smallest absolute Gasteiger partial charge is 0.242 e. The topological polar surface area (TPSA) is 70.4 Å². The van der Waals surface area contributed by atoms with Crippen molar-refractivity contribution in [2.75, 3.05) is 30.7 Å². The number of nitrogens with two attached hydrogens (primary N) is 1. The maximum absolute atomic E-state index is 12.7. The summed E-state index contributed by atoms with van der Waals surface area (Å²) in [7, 11) is 0. The van der Waals surface area contributed by atoms with Crippen LogP contribution < -0.4 is 16.4 Å². The highest BCUT2D eigenvalue weighted by atomic mass is 16.2. The quantitative estimate of drug-likeness (QED) is 0.670. The number of carbonyl (C=O) groups is 1. The van der Waals surface area contributed by atoms with Crippen LogP contribution in [0.25, 0.3) is 0 Å². The number of hydrogen-bond donors (Lipinski definition) is 3. The first kappa shape index (κ1) is 20.0. The second kappa shape index (κ2) is 8.09. The van der Waals surface area contributed by atoms with Crippen LogP contribution in [0.5, 0.6) is 0 Å². The summed E-state index contributed by atoms with van der Waals surface area (Å²) in [5.41, 5.74) is 12.5. The fourth-order valence-electron chi connectivity index (χ4n) is 4.09. The van der Waals surface area contributed by atoms with Gasteiger partial charge in [-0.1, -0.05) is 0 Å². The molecule has 3 rings (SSSR count). The number of benzene rings is 1. The van der Waals surface area contributed by atoms with Gasteiger partial charge in [0.2, 0.25) is 5.91 Å². The lowest BCUT2D eigenvalue weighted by molar-refractivity contribution is -0.122. The van der Waals surface area contributed by atoms with E-state index in [9.17, 15) is 4.79 Å². The summed E-state index contributed by atoms with van der Waals surface area (Å²) in [4.78, 5) is 15.3. The number of carbonyl (C=O) groups excluding carboxylic acids is 1. The Hall–Kier alpha value is -1.75. The first-order valence-corrected chi connectivity index (χ1v) is 10.4. The maximum atomic E-state index is 12.7. The molecule has 5 nitrogen and oxygen atoms in total. The molecule has 0 aromatic heterocycles. The van der Waals surface area contributed by atoms with Gasteiger partial charge in [0.25, 0.3) is 0 Å². The second-order valence-corrected chi connectivity index (χ2v) is 8.68. The zero-order valence-corrected chi connectivity index (χ0v) is 17.6. The molecule has 1 aromatic carbocycles. The van der Waals surface area contributed by atoms with Gasteiger partial charge in [-0.05, 0) is 88.5 Å². The molecule has 5 heteroatoms. The molecule has 1 aliphatic heterocycles. The first-order chi connectivity index (χ1) is 12.8. The molecule has 0 bridgehead atoms. The average molecular weight is 373 g/mol. The van der Waals surface area contributed by atoms with Crippen LogP contribution in [0.15, 0.2) is 0 Å². The Balaban J connectivity index is 1.55. The molecule has 1 saturated heterocycles. The predicted octanol–water partition coefficient (Wildman–Crippen LogP) is 3.29. The summed E-state index contributed by atoms with van der Waals surface area (Å²) < 4.78 is 0. The highest BCUT2D eigenvalue weighted by molar-refractivity contribution is 5.85. The van der Waals surface area contributed by atoms with Crippen molar-refractivity contribution in [2.24, 2.45) is 5.92 Å². The van der Waals surface area contributed by atoms with Crippen molar-refractivity contribution < 1.29 is 4.79 Å². The molecule has 4 N–H and O–H groups in total. The van der Waals surface area contributed by atoms with Crippen molar-refractivity contribution in [1.82, 2.24) is 10.2 Å². The molecule has 2 fully saturated rings. The van der Waals surface area contributed by atoms with E-state index in [4.69, 9.17) is 5.73 Å². The van der Waals surface area contributed by atoms with E-state index in [2.05, 4.69) is 29.4 Å². The average Bonchev–Trinajstić information content (AvgIpc) is 3.47. The van der Waals surface area contributed by atoms with Gasteiger partial charge in [-0.2, -0.15) is 0 Å². The van der Waals surface area contributed by atoms with Crippen molar-refractivity contribution >= 4 is 17.3 Å². The van der Waals surface area contributed by atoms with E-state index in [0.717, 1.165) is 65.5 Å². The fourth-order valence-corrected chi connectivity index (χ4v) is 4.09. The van der Waals surface area contributed by atoms with Crippen molar-refractivity contribution in [3.63, 3.8) is 0 Å². The molecule has 150 valence electrons. The highest BCUT2D eigenvalue weighted by Gasteiger charge is 2.28. The molecule has 0 radical (unpaired) electrons. The Morgan fingerprint density at radius 3 is 2.11 bits per heavy atom. The lowest BCUT2D eigenvalue weighted by atomic mass is 9.95. The van der Waals surface area contributed by atoms with Gasteiger partial charge in [0.15, 0.2) is 0 Å². The maximum Gasteiger partial charge on any atom is 0.242 e. The second-order valence-electron chi connectivity index (χ2n) is 8.68. The lowest BCUT2D eigenvalue weighted by Crippen LogP contribution is -2.48. The zero-order chi connectivity index (χ0) is 19.7. The van der Waals surface area contributed by atoms with Gasteiger partial charge >= 0.3 is 0 Å². The molecule has 1 unspecified atom stereocenters. The number of likely N-dealkylation sites (tertiary alicyclic amines) is 1. The summed E-state index contributed by atoms with van der Waals surface area (Å²) >= 11 is 0. The van der Waals surface area contributed by atoms with Crippen LogP contribution in [0.3, 0.4) is 0 Å².